The number of hydrogen-bond donors (Lipinski definition) is 0. The molecular weight excluding hydrogens is 192 g/mol. The Morgan fingerprint density at radius 2 is 2.00 bits per heavy atom. The molecule has 0 saturated carbocycles. The van der Waals surface area contributed by atoms with Crippen molar-refractivity contribution in [1.29, 1.82) is 0 Å². The molecule has 2 rings (SSSR count). The van der Waals surface area contributed by atoms with E-state index >= 15 is 0 Å². The van der Waals surface area contributed by atoms with Crippen molar-refractivity contribution in [2.45, 2.75) is 25.4 Å². The summed E-state index contributed by atoms with van der Waals surface area (Å²) in [6, 6.07) is 9.63. The molecule has 1 unspecified atom stereocenters. The quantitative estimate of drug-likeness (QED) is 0.551. The molecule has 80 valence electrons. The van der Waals surface area contributed by atoms with Gasteiger partial charge in [0.15, 0.2) is 0 Å². The van der Waals surface area contributed by atoms with Crippen molar-refractivity contribution in [3.63, 3.8) is 0 Å². The second-order valence-corrected chi connectivity index (χ2v) is 3.79. The van der Waals surface area contributed by atoms with Gasteiger partial charge in [0.1, 0.15) is 0 Å². The zero-order chi connectivity index (χ0) is 10.7. The van der Waals surface area contributed by atoms with Crippen molar-refractivity contribution in [3.05, 3.63) is 40.4 Å². The van der Waals surface area contributed by atoms with Crippen LogP contribution in [0, 0.1) is 10.1 Å². The van der Waals surface area contributed by atoms with E-state index in [1.807, 2.05) is 35.2 Å². The molecule has 1 aromatic rings. The first kappa shape index (κ1) is 9.96. The molecule has 1 aromatic carbocycles. The maximum atomic E-state index is 10.9. The molecule has 4 nitrogen and oxygen atoms in total. The summed E-state index contributed by atoms with van der Waals surface area (Å²) in [6.45, 7) is 0.787. The Balaban J connectivity index is 2.22. The van der Waals surface area contributed by atoms with Crippen LogP contribution in [-0.4, -0.2) is 17.6 Å². The Labute approximate surface area is 88.7 Å². The zero-order valence-electron chi connectivity index (χ0n) is 8.50. The van der Waals surface area contributed by atoms with E-state index in [9.17, 15) is 10.1 Å². The number of rotatable bonds is 2. The fourth-order valence-electron chi connectivity index (χ4n) is 2.05. The molecule has 15 heavy (non-hydrogen) atoms. The van der Waals surface area contributed by atoms with Gasteiger partial charge in [-0.1, -0.05) is 18.2 Å². The summed E-state index contributed by atoms with van der Waals surface area (Å²) >= 11 is 0. The molecule has 0 amide bonds. The molecule has 1 aliphatic rings. The van der Waals surface area contributed by atoms with Gasteiger partial charge in [0, 0.05) is 23.6 Å². The molecule has 0 N–H and O–H groups in total. The molecule has 0 spiro atoms. The van der Waals surface area contributed by atoms with Crippen LogP contribution in [0.2, 0.25) is 0 Å². The summed E-state index contributed by atoms with van der Waals surface area (Å²) in [5, 5.41) is 10.9. The van der Waals surface area contributed by atoms with Crippen molar-refractivity contribution in [3.8, 4) is 0 Å². The molecule has 4 heteroatoms. The van der Waals surface area contributed by atoms with Gasteiger partial charge in [0.25, 0.3) is 6.17 Å². The van der Waals surface area contributed by atoms with Gasteiger partial charge in [-0.05, 0) is 25.0 Å². The summed E-state index contributed by atoms with van der Waals surface area (Å²) < 4.78 is 0. The normalized spacial score (nSPS) is 21.3. The van der Waals surface area contributed by atoms with Crippen molar-refractivity contribution < 1.29 is 4.92 Å². The van der Waals surface area contributed by atoms with Crippen molar-refractivity contribution in [1.82, 2.24) is 0 Å². The smallest absolute Gasteiger partial charge is 0.287 e. The van der Waals surface area contributed by atoms with Crippen LogP contribution in [0.15, 0.2) is 30.3 Å². The summed E-state index contributed by atoms with van der Waals surface area (Å²) in [5.41, 5.74) is 0.957. The lowest BCUT2D eigenvalue weighted by Gasteiger charge is -2.31. The summed E-state index contributed by atoms with van der Waals surface area (Å²) in [7, 11) is 0. The van der Waals surface area contributed by atoms with Crippen LogP contribution in [0.4, 0.5) is 5.69 Å². The van der Waals surface area contributed by atoms with E-state index in [1.165, 1.54) is 0 Å². The second-order valence-electron chi connectivity index (χ2n) is 3.79. The molecule has 0 aliphatic carbocycles. The van der Waals surface area contributed by atoms with Crippen molar-refractivity contribution in [2.24, 2.45) is 0 Å². The van der Waals surface area contributed by atoms with Crippen LogP contribution in [-0.2, 0) is 0 Å². The predicted octanol–water partition coefficient (Wildman–Crippen LogP) is 2.28. The van der Waals surface area contributed by atoms with Crippen molar-refractivity contribution in [2.75, 3.05) is 11.4 Å². The Kier molecular flexibility index (Phi) is 2.85. The minimum Gasteiger partial charge on any atom is -0.310 e. The van der Waals surface area contributed by atoms with E-state index in [-0.39, 0.29) is 4.92 Å². The summed E-state index contributed by atoms with van der Waals surface area (Å²) in [6.07, 6.45) is 2.11. The van der Waals surface area contributed by atoms with Gasteiger partial charge in [0.2, 0.25) is 0 Å². The highest BCUT2D eigenvalue weighted by molar-refractivity contribution is 5.46. The van der Waals surface area contributed by atoms with Crippen LogP contribution >= 0.6 is 0 Å². The Hall–Kier alpha value is -1.58. The third-order valence-corrected chi connectivity index (χ3v) is 2.80. The summed E-state index contributed by atoms with van der Waals surface area (Å²) in [4.78, 5) is 12.6. The fraction of sp³-hybridized carbons (Fsp3) is 0.455. The number of nitrogens with zero attached hydrogens (tertiary/aromatic N) is 2. The first-order chi connectivity index (χ1) is 7.29. The molecule has 0 bridgehead atoms. The lowest BCUT2D eigenvalue weighted by atomic mass is 10.1. The number of nitro groups is 1. The number of hydrogen-bond acceptors (Lipinski definition) is 3. The number of benzene rings is 1. The first-order valence-electron chi connectivity index (χ1n) is 5.24. The molecular formula is C11H14N2O2. The van der Waals surface area contributed by atoms with Crippen LogP contribution in [0.3, 0.4) is 0 Å². The highest BCUT2D eigenvalue weighted by atomic mass is 16.6. The van der Waals surface area contributed by atoms with E-state index in [1.54, 1.807) is 0 Å². The highest BCUT2D eigenvalue weighted by Gasteiger charge is 2.31. The lowest BCUT2D eigenvalue weighted by molar-refractivity contribution is -0.524. The zero-order valence-corrected chi connectivity index (χ0v) is 8.50. The number of piperidine rings is 1. The molecule has 1 fully saturated rings. The molecule has 1 aliphatic heterocycles. The van der Waals surface area contributed by atoms with Crippen molar-refractivity contribution >= 4 is 5.69 Å². The highest BCUT2D eigenvalue weighted by Crippen LogP contribution is 2.24. The van der Waals surface area contributed by atoms with Gasteiger partial charge >= 0.3 is 0 Å². The van der Waals surface area contributed by atoms with Gasteiger partial charge in [-0.25, -0.2) is 0 Å². The van der Waals surface area contributed by atoms with E-state index < -0.39 is 6.17 Å². The van der Waals surface area contributed by atoms with E-state index in [4.69, 9.17) is 0 Å². The largest absolute Gasteiger partial charge is 0.310 e. The topological polar surface area (TPSA) is 46.4 Å². The molecule has 1 saturated heterocycles. The maximum Gasteiger partial charge on any atom is 0.287 e. The van der Waals surface area contributed by atoms with Gasteiger partial charge in [0.05, 0.1) is 0 Å². The van der Waals surface area contributed by atoms with E-state index in [0.717, 1.165) is 25.1 Å². The molecule has 0 aromatic heterocycles. The van der Waals surface area contributed by atoms with Gasteiger partial charge in [-0.15, -0.1) is 0 Å². The standard InChI is InChI=1S/C11H14N2O2/c14-13(15)11-8-4-5-9-12(11)10-6-2-1-3-7-10/h1-3,6-7,11H,4-5,8-9H2. The number of anilines is 1. The average molecular weight is 206 g/mol. The monoisotopic (exact) mass is 206 g/mol. The minimum absolute atomic E-state index is 0.174. The summed E-state index contributed by atoms with van der Waals surface area (Å²) in [5.74, 6) is 0. The van der Waals surface area contributed by atoms with Crippen LogP contribution in [0.5, 0.6) is 0 Å². The fourth-order valence-corrected chi connectivity index (χ4v) is 2.05. The van der Waals surface area contributed by atoms with Gasteiger partial charge < -0.3 is 4.90 Å². The maximum absolute atomic E-state index is 10.9. The Morgan fingerprint density at radius 3 is 2.67 bits per heavy atom. The minimum atomic E-state index is -0.541. The Bertz CT molecular complexity index is 340. The SMILES string of the molecule is O=[N+]([O-])C1CCCCN1c1ccccc1. The number of para-hydroxylation sites is 1. The molecule has 1 heterocycles. The van der Waals surface area contributed by atoms with Gasteiger partial charge in [-0.2, -0.15) is 0 Å². The van der Waals surface area contributed by atoms with Gasteiger partial charge in [-0.3, -0.25) is 10.1 Å². The van der Waals surface area contributed by atoms with Crippen LogP contribution < -0.4 is 4.90 Å². The Morgan fingerprint density at radius 1 is 1.27 bits per heavy atom. The molecule has 1 atom stereocenters. The third kappa shape index (κ3) is 2.09. The van der Waals surface area contributed by atoms with Crippen LogP contribution in [0.25, 0.3) is 0 Å². The first-order valence-corrected chi connectivity index (χ1v) is 5.24. The predicted molar refractivity (Wildman–Crippen MR) is 58.4 cm³/mol. The van der Waals surface area contributed by atoms with E-state index in [2.05, 4.69) is 0 Å². The lowest BCUT2D eigenvalue weighted by Crippen LogP contribution is -2.44. The van der Waals surface area contributed by atoms with Crippen LogP contribution in [0.1, 0.15) is 19.3 Å². The van der Waals surface area contributed by atoms with E-state index in [0.29, 0.717) is 6.42 Å². The molecule has 0 radical (unpaired) electrons. The average Bonchev–Trinajstić information content (AvgIpc) is 2.30. The third-order valence-electron chi connectivity index (χ3n) is 2.80. The second kappa shape index (κ2) is 4.29.